The van der Waals surface area contributed by atoms with Crippen LogP contribution in [-0.4, -0.2) is 71.8 Å². The number of aryl methyl sites for hydroxylation is 1. The molecule has 3 aliphatic rings. The predicted octanol–water partition coefficient (Wildman–Crippen LogP) is 2.74. The Kier molecular flexibility index (Phi) is 6.38. The van der Waals surface area contributed by atoms with Crippen molar-refractivity contribution in [3.63, 3.8) is 0 Å². The average Bonchev–Trinajstić information content (AvgIpc) is 3.56. The molecule has 2 atom stereocenters. The van der Waals surface area contributed by atoms with E-state index in [1.807, 2.05) is 12.1 Å². The van der Waals surface area contributed by atoms with Crippen LogP contribution >= 0.6 is 0 Å². The molecule has 3 fully saturated rings. The zero-order valence-electron chi connectivity index (χ0n) is 22.4. The summed E-state index contributed by atoms with van der Waals surface area (Å²) < 4.78 is 13.0. The van der Waals surface area contributed by atoms with E-state index < -0.39 is 0 Å². The van der Waals surface area contributed by atoms with Gasteiger partial charge in [-0.2, -0.15) is 4.98 Å². The Morgan fingerprint density at radius 2 is 1.82 bits per heavy atom. The smallest absolute Gasteiger partial charge is 0.294 e. The molecule has 11 nitrogen and oxygen atoms in total. The normalized spacial score (nSPS) is 20.6. The van der Waals surface area contributed by atoms with Crippen molar-refractivity contribution in [1.29, 1.82) is 0 Å². The topological polar surface area (TPSA) is 114 Å². The molecule has 0 spiro atoms. The van der Waals surface area contributed by atoms with Gasteiger partial charge in [0, 0.05) is 50.9 Å². The van der Waals surface area contributed by atoms with E-state index in [4.69, 9.17) is 9.47 Å². The minimum Gasteiger partial charge on any atom is -0.494 e. The molecule has 0 bridgehead atoms. The molecule has 2 N–H and O–H groups in total. The van der Waals surface area contributed by atoms with Crippen LogP contribution in [0.3, 0.4) is 0 Å². The molecule has 11 heteroatoms. The lowest BCUT2D eigenvalue weighted by atomic mass is 10.0. The molecule has 204 valence electrons. The molecule has 0 unspecified atom stereocenters. The Hall–Kier alpha value is -4.12. The first-order valence-electron chi connectivity index (χ1n) is 13.2. The summed E-state index contributed by atoms with van der Waals surface area (Å²) in [4.78, 5) is 38.9. The van der Waals surface area contributed by atoms with Crippen LogP contribution < -0.4 is 30.6 Å². The molecule has 1 aromatic carbocycles. The summed E-state index contributed by atoms with van der Waals surface area (Å²) in [5, 5.41) is 6.87. The first-order valence-corrected chi connectivity index (χ1v) is 13.2. The summed E-state index contributed by atoms with van der Waals surface area (Å²) in [6, 6.07) is 5.46. The van der Waals surface area contributed by atoms with Crippen molar-refractivity contribution in [2.45, 2.75) is 18.9 Å². The molecule has 2 aromatic heterocycles. The molecule has 39 heavy (non-hydrogen) atoms. The number of carbonyl (C=O) groups is 1. The largest absolute Gasteiger partial charge is 0.494 e. The molecule has 2 saturated heterocycles. The van der Waals surface area contributed by atoms with Gasteiger partial charge < -0.3 is 29.9 Å². The number of pyridine rings is 1. The summed E-state index contributed by atoms with van der Waals surface area (Å²) in [5.41, 5.74) is 2.36. The lowest BCUT2D eigenvalue weighted by Crippen LogP contribution is -2.27. The lowest BCUT2D eigenvalue weighted by molar-refractivity contribution is -0.111. The maximum absolute atomic E-state index is 12.8. The Labute approximate surface area is 226 Å². The van der Waals surface area contributed by atoms with Gasteiger partial charge in [0.15, 0.2) is 5.75 Å². The van der Waals surface area contributed by atoms with Crippen LogP contribution in [0.1, 0.15) is 12.8 Å². The van der Waals surface area contributed by atoms with Gasteiger partial charge in [-0.15, -0.1) is 0 Å². The maximum Gasteiger partial charge on any atom is 0.294 e. The van der Waals surface area contributed by atoms with Crippen molar-refractivity contribution in [2.75, 3.05) is 55.9 Å². The Bertz CT molecular complexity index is 1500. The van der Waals surface area contributed by atoms with E-state index >= 15 is 0 Å². The quantitative estimate of drug-likeness (QED) is 0.424. The number of aromatic nitrogens is 3. The number of ether oxygens (including phenoxy) is 2. The fourth-order valence-electron chi connectivity index (χ4n) is 5.65. The fourth-order valence-corrected chi connectivity index (χ4v) is 5.65. The van der Waals surface area contributed by atoms with Crippen molar-refractivity contribution in [2.24, 2.45) is 18.9 Å². The highest BCUT2D eigenvalue weighted by molar-refractivity contribution is 6.02. The minimum atomic E-state index is -0.298. The Balaban J connectivity index is 1.33. The molecule has 4 heterocycles. The highest BCUT2D eigenvalue weighted by Gasteiger charge is 2.39. The zero-order chi connectivity index (χ0) is 27.3. The van der Waals surface area contributed by atoms with Crippen molar-refractivity contribution in [3.8, 4) is 11.5 Å². The molecule has 1 saturated carbocycles. The van der Waals surface area contributed by atoms with Gasteiger partial charge in [0.25, 0.3) is 5.56 Å². The molecule has 0 radical (unpaired) electrons. The number of carbonyl (C=O) groups excluding carboxylic acids is 1. The van der Waals surface area contributed by atoms with Crippen LogP contribution in [0, 0.1) is 11.8 Å². The molecule has 3 aromatic rings. The number of benzene rings is 1. The third-order valence-electron chi connectivity index (χ3n) is 7.75. The average molecular weight is 532 g/mol. The van der Waals surface area contributed by atoms with Gasteiger partial charge in [-0.05, 0) is 49.9 Å². The Morgan fingerprint density at radius 3 is 2.49 bits per heavy atom. The first kappa shape index (κ1) is 25.2. The van der Waals surface area contributed by atoms with Crippen LogP contribution in [0.15, 0.2) is 41.8 Å². The van der Waals surface area contributed by atoms with Gasteiger partial charge in [0.2, 0.25) is 11.9 Å². The van der Waals surface area contributed by atoms with Crippen molar-refractivity contribution in [1.82, 2.24) is 19.4 Å². The number of anilines is 4. The lowest BCUT2D eigenvalue weighted by Gasteiger charge is -2.26. The standard InChI is InChI=1S/C28H33N7O4/c1-5-25(36)30-20-9-21(23(38-4)10-22(20)35-14-17-12-33(2)13-18(17)15-35)31-28-29-11-16-8-24(39-19-6-7-19)27(37)34(3)26(16)32-28/h5,8-11,17-19H,1,6-7,12-15H2,2-4H3,(H,30,36)(H,29,31,32)/t17-,18+. The molecule has 1 aliphatic carbocycles. The predicted molar refractivity (Wildman–Crippen MR) is 150 cm³/mol. The van der Waals surface area contributed by atoms with Crippen LogP contribution in [-0.2, 0) is 11.8 Å². The third kappa shape index (κ3) is 4.89. The highest BCUT2D eigenvalue weighted by atomic mass is 16.5. The van der Waals surface area contributed by atoms with E-state index in [-0.39, 0.29) is 17.6 Å². The number of nitrogens with one attached hydrogen (secondary N) is 2. The number of hydrogen-bond acceptors (Lipinski definition) is 9. The molecule has 1 amide bonds. The number of hydrogen-bond donors (Lipinski definition) is 2. The second kappa shape index (κ2) is 9.88. The SMILES string of the molecule is C=CC(=O)Nc1cc(Nc2ncc3cc(OC4CC4)c(=O)n(C)c3n2)c(OC)cc1N1C[C@H]2CN(C)C[C@H]2C1. The Morgan fingerprint density at radius 1 is 1.08 bits per heavy atom. The van der Waals surface area contributed by atoms with Gasteiger partial charge in [-0.1, -0.05) is 6.58 Å². The van der Waals surface area contributed by atoms with Crippen LogP contribution in [0.4, 0.5) is 23.0 Å². The van der Waals surface area contributed by atoms with Crippen LogP contribution in [0.5, 0.6) is 11.5 Å². The first-order chi connectivity index (χ1) is 18.8. The monoisotopic (exact) mass is 531 g/mol. The second-order valence-corrected chi connectivity index (χ2v) is 10.7. The van der Waals surface area contributed by atoms with Gasteiger partial charge in [0.05, 0.1) is 30.3 Å². The van der Waals surface area contributed by atoms with E-state index in [2.05, 4.69) is 44.0 Å². The molecule has 6 rings (SSSR count). The third-order valence-corrected chi connectivity index (χ3v) is 7.75. The number of nitrogens with zero attached hydrogens (tertiary/aromatic N) is 5. The summed E-state index contributed by atoms with van der Waals surface area (Å²) >= 11 is 0. The van der Waals surface area contributed by atoms with Crippen LogP contribution in [0.2, 0.25) is 0 Å². The van der Waals surface area contributed by atoms with E-state index in [1.54, 1.807) is 26.4 Å². The van der Waals surface area contributed by atoms with Gasteiger partial charge in [-0.25, -0.2) is 4.98 Å². The maximum atomic E-state index is 12.8. The van der Waals surface area contributed by atoms with Crippen molar-refractivity contribution < 1.29 is 14.3 Å². The van der Waals surface area contributed by atoms with Gasteiger partial charge in [-0.3, -0.25) is 14.2 Å². The van der Waals surface area contributed by atoms with Crippen molar-refractivity contribution in [3.05, 3.63) is 47.4 Å². The van der Waals surface area contributed by atoms with Crippen molar-refractivity contribution >= 4 is 40.0 Å². The van der Waals surface area contributed by atoms with E-state index in [0.717, 1.165) is 44.7 Å². The zero-order valence-corrected chi connectivity index (χ0v) is 22.4. The van der Waals surface area contributed by atoms with E-state index in [1.165, 1.54) is 10.6 Å². The van der Waals surface area contributed by atoms with Gasteiger partial charge >= 0.3 is 0 Å². The van der Waals surface area contributed by atoms with Crippen LogP contribution in [0.25, 0.3) is 11.0 Å². The molecular formula is C28H33N7O4. The van der Waals surface area contributed by atoms with E-state index in [0.29, 0.717) is 51.7 Å². The minimum absolute atomic E-state index is 0.115. The number of likely N-dealkylation sites (tertiary alicyclic amines) is 1. The van der Waals surface area contributed by atoms with E-state index in [9.17, 15) is 9.59 Å². The summed E-state index contributed by atoms with van der Waals surface area (Å²) in [5.74, 6) is 2.08. The van der Waals surface area contributed by atoms with Gasteiger partial charge in [0.1, 0.15) is 11.4 Å². The molecular weight excluding hydrogens is 498 g/mol. The number of amides is 1. The number of rotatable bonds is 8. The summed E-state index contributed by atoms with van der Waals surface area (Å²) in [6.07, 6.45) is 4.96. The summed E-state index contributed by atoms with van der Waals surface area (Å²) in [6.45, 7) is 7.57. The highest BCUT2D eigenvalue weighted by Crippen LogP contribution is 2.42. The molecule has 2 aliphatic heterocycles. The second-order valence-electron chi connectivity index (χ2n) is 10.7. The number of fused-ring (bicyclic) bond motifs is 2. The number of methoxy groups -OCH3 is 1. The summed E-state index contributed by atoms with van der Waals surface area (Å²) in [7, 11) is 5.44. The fraction of sp³-hybridized carbons (Fsp3) is 0.429.